The fraction of sp³-hybridized carbons (Fsp3) is 1.00. The molecule has 1 saturated heterocycles. The first kappa shape index (κ1) is 12.3. The lowest BCUT2D eigenvalue weighted by molar-refractivity contribution is 0.0502. The minimum absolute atomic E-state index is 0.487. The van der Waals surface area contributed by atoms with E-state index >= 15 is 0 Å². The van der Waals surface area contributed by atoms with Crippen molar-refractivity contribution in [2.24, 2.45) is 5.92 Å². The average molecular weight is 227 g/mol. The van der Waals surface area contributed by atoms with Gasteiger partial charge < -0.3 is 14.8 Å². The van der Waals surface area contributed by atoms with E-state index in [0.717, 1.165) is 19.1 Å². The van der Waals surface area contributed by atoms with Crippen LogP contribution < -0.4 is 5.32 Å². The summed E-state index contributed by atoms with van der Waals surface area (Å²) < 4.78 is 10.8. The molecule has 1 aliphatic carbocycles. The Morgan fingerprint density at radius 2 is 2.00 bits per heavy atom. The van der Waals surface area contributed by atoms with Gasteiger partial charge in [0.25, 0.3) is 0 Å². The number of rotatable bonds is 4. The zero-order valence-corrected chi connectivity index (χ0v) is 10.4. The molecular formula is C13H25NO2. The van der Waals surface area contributed by atoms with E-state index in [2.05, 4.69) is 5.32 Å². The highest BCUT2D eigenvalue weighted by Gasteiger charge is 2.22. The maximum Gasteiger partial charge on any atom is 0.0586 e. The Balaban J connectivity index is 1.64. The number of hydrogen-bond donors (Lipinski definition) is 1. The van der Waals surface area contributed by atoms with Crippen LogP contribution in [0, 0.1) is 5.92 Å². The fourth-order valence-electron chi connectivity index (χ4n) is 2.83. The molecule has 94 valence electrons. The van der Waals surface area contributed by atoms with Gasteiger partial charge in [0.2, 0.25) is 0 Å². The van der Waals surface area contributed by atoms with Crippen LogP contribution in [0.3, 0.4) is 0 Å². The molecule has 1 N–H and O–H groups in total. The van der Waals surface area contributed by atoms with Crippen molar-refractivity contribution >= 4 is 0 Å². The van der Waals surface area contributed by atoms with E-state index in [4.69, 9.17) is 9.47 Å². The van der Waals surface area contributed by atoms with Gasteiger partial charge in [0.1, 0.15) is 0 Å². The van der Waals surface area contributed by atoms with Gasteiger partial charge in [-0.2, -0.15) is 0 Å². The summed E-state index contributed by atoms with van der Waals surface area (Å²) in [5.74, 6) is 0.830. The molecule has 1 heterocycles. The first-order chi connectivity index (χ1) is 7.88. The van der Waals surface area contributed by atoms with Crippen LogP contribution in [0.15, 0.2) is 0 Å². The summed E-state index contributed by atoms with van der Waals surface area (Å²) in [5, 5.41) is 3.72. The number of methoxy groups -OCH3 is 1. The van der Waals surface area contributed by atoms with E-state index in [9.17, 15) is 0 Å². The molecule has 2 atom stereocenters. The molecule has 0 aromatic rings. The van der Waals surface area contributed by atoms with Crippen molar-refractivity contribution in [1.29, 1.82) is 0 Å². The van der Waals surface area contributed by atoms with Crippen molar-refractivity contribution < 1.29 is 9.47 Å². The second kappa shape index (κ2) is 6.58. The molecule has 0 radical (unpaired) electrons. The molecule has 1 saturated carbocycles. The molecular weight excluding hydrogens is 202 g/mol. The Morgan fingerprint density at radius 3 is 2.75 bits per heavy atom. The van der Waals surface area contributed by atoms with Crippen LogP contribution in [0.1, 0.15) is 38.5 Å². The summed E-state index contributed by atoms with van der Waals surface area (Å²) in [6.45, 7) is 3.08. The van der Waals surface area contributed by atoms with Crippen molar-refractivity contribution in [1.82, 2.24) is 5.32 Å². The van der Waals surface area contributed by atoms with Crippen LogP contribution in [0.4, 0.5) is 0 Å². The molecule has 2 unspecified atom stereocenters. The third-order valence-corrected chi connectivity index (χ3v) is 4.00. The van der Waals surface area contributed by atoms with Crippen LogP contribution in [0.5, 0.6) is 0 Å². The summed E-state index contributed by atoms with van der Waals surface area (Å²) >= 11 is 0. The molecule has 3 heteroatoms. The van der Waals surface area contributed by atoms with E-state index in [1.807, 2.05) is 7.11 Å². The molecule has 0 aromatic heterocycles. The first-order valence-corrected chi connectivity index (χ1v) is 6.72. The Morgan fingerprint density at radius 1 is 1.19 bits per heavy atom. The quantitative estimate of drug-likeness (QED) is 0.796. The molecule has 3 nitrogen and oxygen atoms in total. The average Bonchev–Trinajstić information content (AvgIpc) is 2.38. The van der Waals surface area contributed by atoms with Crippen LogP contribution in [-0.2, 0) is 9.47 Å². The highest BCUT2D eigenvalue weighted by molar-refractivity contribution is 4.79. The van der Waals surface area contributed by atoms with Gasteiger partial charge >= 0.3 is 0 Å². The highest BCUT2D eigenvalue weighted by atomic mass is 16.5. The SMILES string of the molecule is COC1CCCC(NCC2CCOCC2)C1. The van der Waals surface area contributed by atoms with Gasteiger partial charge in [0, 0.05) is 26.4 Å². The highest BCUT2D eigenvalue weighted by Crippen LogP contribution is 2.21. The molecule has 0 aromatic carbocycles. The largest absolute Gasteiger partial charge is 0.381 e. The minimum atomic E-state index is 0.487. The summed E-state index contributed by atoms with van der Waals surface area (Å²) in [6, 6.07) is 0.682. The first-order valence-electron chi connectivity index (χ1n) is 6.72. The van der Waals surface area contributed by atoms with Crippen molar-refractivity contribution in [3.8, 4) is 0 Å². The molecule has 0 spiro atoms. The minimum Gasteiger partial charge on any atom is -0.381 e. The summed E-state index contributed by atoms with van der Waals surface area (Å²) in [4.78, 5) is 0. The van der Waals surface area contributed by atoms with Crippen molar-refractivity contribution in [3.05, 3.63) is 0 Å². The van der Waals surface area contributed by atoms with Gasteiger partial charge in [-0.15, -0.1) is 0 Å². The van der Waals surface area contributed by atoms with Gasteiger partial charge in [-0.1, -0.05) is 0 Å². The third-order valence-electron chi connectivity index (χ3n) is 4.00. The molecule has 2 rings (SSSR count). The van der Waals surface area contributed by atoms with Gasteiger partial charge in [-0.25, -0.2) is 0 Å². The van der Waals surface area contributed by atoms with Crippen LogP contribution in [-0.4, -0.2) is 39.0 Å². The summed E-state index contributed by atoms with van der Waals surface area (Å²) in [7, 11) is 1.84. The number of nitrogens with one attached hydrogen (secondary N) is 1. The van der Waals surface area contributed by atoms with Crippen LogP contribution in [0.2, 0.25) is 0 Å². The zero-order chi connectivity index (χ0) is 11.2. The zero-order valence-electron chi connectivity index (χ0n) is 10.4. The Bertz CT molecular complexity index is 192. The normalized spacial score (nSPS) is 32.8. The smallest absolute Gasteiger partial charge is 0.0586 e. The maximum absolute atomic E-state index is 5.45. The maximum atomic E-state index is 5.45. The lowest BCUT2D eigenvalue weighted by atomic mass is 9.92. The molecule has 2 aliphatic rings. The topological polar surface area (TPSA) is 30.5 Å². The Kier molecular flexibility index (Phi) is 5.07. The van der Waals surface area contributed by atoms with E-state index in [1.165, 1.54) is 45.1 Å². The molecule has 1 aliphatic heterocycles. The predicted octanol–water partition coefficient (Wildman–Crippen LogP) is 1.96. The number of ether oxygens (including phenoxy) is 2. The molecule has 0 amide bonds. The molecule has 2 fully saturated rings. The monoisotopic (exact) mass is 227 g/mol. The predicted molar refractivity (Wildman–Crippen MR) is 64.6 cm³/mol. The van der Waals surface area contributed by atoms with Gasteiger partial charge in [0.15, 0.2) is 0 Å². The van der Waals surface area contributed by atoms with E-state index in [0.29, 0.717) is 12.1 Å². The lowest BCUT2D eigenvalue weighted by Gasteiger charge is -2.31. The molecule has 0 bridgehead atoms. The van der Waals surface area contributed by atoms with Crippen molar-refractivity contribution in [3.63, 3.8) is 0 Å². The van der Waals surface area contributed by atoms with Gasteiger partial charge in [-0.05, 0) is 51.0 Å². The molecule has 16 heavy (non-hydrogen) atoms. The fourth-order valence-corrected chi connectivity index (χ4v) is 2.83. The second-order valence-electron chi connectivity index (χ2n) is 5.19. The van der Waals surface area contributed by atoms with E-state index in [1.54, 1.807) is 0 Å². The van der Waals surface area contributed by atoms with Crippen LogP contribution in [0.25, 0.3) is 0 Å². The van der Waals surface area contributed by atoms with Gasteiger partial charge in [0.05, 0.1) is 6.10 Å². The van der Waals surface area contributed by atoms with Crippen molar-refractivity contribution in [2.45, 2.75) is 50.7 Å². The van der Waals surface area contributed by atoms with Crippen LogP contribution >= 0.6 is 0 Å². The lowest BCUT2D eigenvalue weighted by Crippen LogP contribution is -2.40. The van der Waals surface area contributed by atoms with Gasteiger partial charge in [-0.3, -0.25) is 0 Å². The standard InChI is InChI=1S/C13H25NO2/c1-15-13-4-2-3-12(9-13)14-10-11-5-7-16-8-6-11/h11-14H,2-10H2,1H3. The van der Waals surface area contributed by atoms with E-state index in [-0.39, 0.29) is 0 Å². The Labute approximate surface area is 98.9 Å². The number of hydrogen-bond acceptors (Lipinski definition) is 3. The summed E-state index contributed by atoms with van der Waals surface area (Å²) in [6.07, 6.45) is 8.01. The van der Waals surface area contributed by atoms with Crippen molar-refractivity contribution in [2.75, 3.05) is 26.9 Å². The third kappa shape index (κ3) is 3.72. The van der Waals surface area contributed by atoms with E-state index < -0.39 is 0 Å². The summed E-state index contributed by atoms with van der Waals surface area (Å²) in [5.41, 5.74) is 0. The second-order valence-corrected chi connectivity index (χ2v) is 5.19. The Hall–Kier alpha value is -0.120.